The summed E-state index contributed by atoms with van der Waals surface area (Å²) in [6.07, 6.45) is -4.06. The molecule has 10 heteroatoms. The summed E-state index contributed by atoms with van der Waals surface area (Å²) in [5.41, 5.74) is 0.112. The monoisotopic (exact) mass is 449 g/mol. The SMILES string of the molecule is COc1ccc(CCNC(=O)Cn2nc(C(F)(F)F)c(Br)c2C)cc1OC. The lowest BCUT2D eigenvalue weighted by atomic mass is 10.1. The molecule has 0 saturated heterocycles. The number of aromatic nitrogens is 2. The van der Waals surface area contributed by atoms with Crippen molar-refractivity contribution in [2.24, 2.45) is 0 Å². The van der Waals surface area contributed by atoms with E-state index in [4.69, 9.17) is 9.47 Å². The number of ether oxygens (including phenoxy) is 2. The summed E-state index contributed by atoms with van der Waals surface area (Å²) >= 11 is 2.88. The van der Waals surface area contributed by atoms with Gasteiger partial charge in [0.1, 0.15) is 6.54 Å². The summed E-state index contributed by atoms with van der Waals surface area (Å²) in [5, 5.41) is 6.15. The van der Waals surface area contributed by atoms with Gasteiger partial charge in [0.15, 0.2) is 17.2 Å². The first-order valence-electron chi connectivity index (χ1n) is 7.95. The molecule has 0 spiro atoms. The molecule has 0 fully saturated rings. The molecule has 0 atom stereocenters. The first kappa shape index (κ1) is 21.1. The van der Waals surface area contributed by atoms with Crippen molar-refractivity contribution in [3.05, 3.63) is 39.6 Å². The fourth-order valence-electron chi connectivity index (χ4n) is 2.43. The molecule has 0 aliphatic carbocycles. The second-order valence-electron chi connectivity index (χ2n) is 5.69. The third-order valence-corrected chi connectivity index (χ3v) is 4.83. The molecule has 1 N–H and O–H groups in total. The van der Waals surface area contributed by atoms with Crippen molar-refractivity contribution in [2.75, 3.05) is 20.8 Å². The van der Waals surface area contributed by atoms with E-state index in [0.717, 1.165) is 10.2 Å². The van der Waals surface area contributed by atoms with E-state index in [-0.39, 0.29) is 16.7 Å². The molecule has 1 amide bonds. The number of carbonyl (C=O) groups is 1. The Bertz CT molecular complexity index is 822. The summed E-state index contributed by atoms with van der Waals surface area (Å²) in [6, 6.07) is 5.41. The number of nitrogens with zero attached hydrogens (tertiary/aromatic N) is 2. The van der Waals surface area contributed by atoms with Crippen molar-refractivity contribution < 1.29 is 27.4 Å². The van der Waals surface area contributed by atoms with Gasteiger partial charge in [0.25, 0.3) is 0 Å². The number of methoxy groups -OCH3 is 2. The van der Waals surface area contributed by atoms with E-state index in [1.807, 2.05) is 6.07 Å². The summed E-state index contributed by atoms with van der Waals surface area (Å²) in [7, 11) is 3.07. The topological polar surface area (TPSA) is 65.4 Å². The molecule has 1 aromatic heterocycles. The highest BCUT2D eigenvalue weighted by molar-refractivity contribution is 9.10. The lowest BCUT2D eigenvalue weighted by molar-refractivity contribution is -0.142. The van der Waals surface area contributed by atoms with Crippen molar-refractivity contribution in [1.29, 1.82) is 0 Å². The minimum Gasteiger partial charge on any atom is -0.493 e. The number of halogens is 4. The van der Waals surface area contributed by atoms with Crippen LogP contribution in [0.4, 0.5) is 13.2 Å². The van der Waals surface area contributed by atoms with E-state index >= 15 is 0 Å². The zero-order valence-electron chi connectivity index (χ0n) is 15.0. The fraction of sp³-hybridized carbons (Fsp3) is 0.412. The number of rotatable bonds is 7. The number of alkyl halides is 3. The van der Waals surface area contributed by atoms with Gasteiger partial charge in [-0.1, -0.05) is 6.07 Å². The Morgan fingerprint density at radius 3 is 2.48 bits per heavy atom. The number of nitrogens with one attached hydrogen (secondary N) is 1. The number of hydrogen-bond donors (Lipinski definition) is 1. The van der Waals surface area contributed by atoms with Crippen LogP contribution in [-0.2, 0) is 23.9 Å². The molecular weight excluding hydrogens is 431 g/mol. The number of benzene rings is 1. The van der Waals surface area contributed by atoms with Crippen LogP contribution in [0.5, 0.6) is 11.5 Å². The highest BCUT2D eigenvalue weighted by Crippen LogP contribution is 2.35. The summed E-state index contributed by atoms with van der Waals surface area (Å²) < 4.78 is 49.8. The largest absolute Gasteiger partial charge is 0.493 e. The summed E-state index contributed by atoms with van der Waals surface area (Å²) in [5.74, 6) is 0.755. The number of hydrogen-bond acceptors (Lipinski definition) is 4. The number of amides is 1. The van der Waals surface area contributed by atoms with Gasteiger partial charge in [-0.15, -0.1) is 0 Å². The molecule has 0 aliphatic rings. The van der Waals surface area contributed by atoms with Crippen LogP contribution in [0, 0.1) is 6.92 Å². The minimum atomic E-state index is -4.58. The van der Waals surface area contributed by atoms with Crippen LogP contribution >= 0.6 is 15.9 Å². The highest BCUT2D eigenvalue weighted by Gasteiger charge is 2.38. The van der Waals surface area contributed by atoms with Gasteiger partial charge in [0, 0.05) is 6.54 Å². The Hall–Kier alpha value is -2.23. The van der Waals surface area contributed by atoms with Crippen LogP contribution in [0.25, 0.3) is 0 Å². The Balaban J connectivity index is 1.94. The maximum atomic E-state index is 12.9. The molecule has 1 heterocycles. The molecule has 0 aliphatic heterocycles. The Morgan fingerprint density at radius 1 is 1.26 bits per heavy atom. The van der Waals surface area contributed by atoms with E-state index in [1.54, 1.807) is 12.1 Å². The van der Waals surface area contributed by atoms with Crippen LogP contribution in [0.15, 0.2) is 22.7 Å². The lowest BCUT2D eigenvalue weighted by Crippen LogP contribution is -2.30. The van der Waals surface area contributed by atoms with E-state index < -0.39 is 17.8 Å². The average Bonchev–Trinajstić information content (AvgIpc) is 2.90. The van der Waals surface area contributed by atoms with Crippen LogP contribution in [-0.4, -0.2) is 36.5 Å². The molecule has 0 bridgehead atoms. The van der Waals surface area contributed by atoms with E-state index in [0.29, 0.717) is 24.5 Å². The maximum Gasteiger partial charge on any atom is 0.436 e. The third kappa shape index (κ3) is 5.15. The van der Waals surface area contributed by atoms with Crippen molar-refractivity contribution in [2.45, 2.75) is 26.1 Å². The van der Waals surface area contributed by atoms with Crippen LogP contribution < -0.4 is 14.8 Å². The second-order valence-corrected chi connectivity index (χ2v) is 6.49. The standard InChI is InChI=1S/C17H19BrF3N3O3/c1-10-15(18)16(17(19,20)21)23-24(10)9-14(25)22-7-6-11-4-5-12(26-2)13(8-11)27-3/h4-5,8H,6-7,9H2,1-3H3,(H,22,25). The van der Waals surface area contributed by atoms with Crippen molar-refractivity contribution in [3.63, 3.8) is 0 Å². The van der Waals surface area contributed by atoms with Gasteiger partial charge < -0.3 is 14.8 Å². The van der Waals surface area contributed by atoms with Gasteiger partial charge in [-0.05, 0) is 47.0 Å². The molecule has 2 aromatic rings. The predicted molar refractivity (Wildman–Crippen MR) is 95.9 cm³/mol. The first-order valence-corrected chi connectivity index (χ1v) is 8.74. The molecule has 6 nitrogen and oxygen atoms in total. The van der Waals surface area contributed by atoms with Gasteiger partial charge in [-0.25, -0.2) is 0 Å². The smallest absolute Gasteiger partial charge is 0.436 e. The van der Waals surface area contributed by atoms with Gasteiger partial charge in [-0.2, -0.15) is 18.3 Å². The molecule has 2 rings (SSSR count). The molecule has 0 unspecified atom stereocenters. The Morgan fingerprint density at radius 2 is 1.93 bits per heavy atom. The quantitative estimate of drug-likeness (QED) is 0.703. The van der Waals surface area contributed by atoms with Crippen LogP contribution in [0.3, 0.4) is 0 Å². The first-order chi connectivity index (χ1) is 12.7. The van der Waals surface area contributed by atoms with E-state index in [1.165, 1.54) is 21.1 Å². The Labute approximate surface area is 162 Å². The molecule has 0 radical (unpaired) electrons. The van der Waals surface area contributed by atoms with E-state index in [9.17, 15) is 18.0 Å². The maximum absolute atomic E-state index is 12.9. The van der Waals surface area contributed by atoms with Crippen molar-refractivity contribution in [1.82, 2.24) is 15.1 Å². The average molecular weight is 450 g/mol. The van der Waals surface area contributed by atoms with E-state index in [2.05, 4.69) is 26.3 Å². The number of carbonyl (C=O) groups excluding carboxylic acids is 1. The molecule has 0 saturated carbocycles. The minimum absolute atomic E-state index is 0.159. The van der Waals surface area contributed by atoms with Gasteiger partial charge >= 0.3 is 6.18 Å². The van der Waals surface area contributed by atoms with Crippen molar-refractivity contribution in [3.8, 4) is 11.5 Å². The van der Waals surface area contributed by atoms with Gasteiger partial charge in [-0.3, -0.25) is 9.48 Å². The zero-order chi connectivity index (χ0) is 20.2. The van der Waals surface area contributed by atoms with Crippen LogP contribution in [0.1, 0.15) is 17.0 Å². The molecule has 1 aromatic carbocycles. The third-order valence-electron chi connectivity index (χ3n) is 3.88. The van der Waals surface area contributed by atoms with Gasteiger partial charge in [0.05, 0.1) is 24.4 Å². The normalized spacial score (nSPS) is 11.4. The molecule has 27 heavy (non-hydrogen) atoms. The summed E-state index contributed by atoms with van der Waals surface area (Å²) in [6.45, 7) is 1.48. The Kier molecular flexibility index (Phi) is 6.74. The summed E-state index contributed by atoms with van der Waals surface area (Å²) in [4.78, 5) is 12.0. The highest BCUT2D eigenvalue weighted by atomic mass is 79.9. The zero-order valence-corrected chi connectivity index (χ0v) is 16.6. The van der Waals surface area contributed by atoms with Crippen molar-refractivity contribution >= 4 is 21.8 Å². The lowest BCUT2D eigenvalue weighted by Gasteiger charge is -2.10. The van der Waals surface area contributed by atoms with Gasteiger partial charge in [0.2, 0.25) is 5.91 Å². The fourth-order valence-corrected chi connectivity index (χ4v) is 2.94. The molecule has 148 valence electrons. The predicted octanol–water partition coefficient (Wildman–Crippen LogP) is 3.35. The van der Waals surface area contributed by atoms with Crippen LogP contribution in [0.2, 0.25) is 0 Å². The second kappa shape index (κ2) is 8.64. The molecular formula is C17H19BrF3N3O3.